The highest BCUT2D eigenvalue weighted by Crippen LogP contribution is 2.30. The van der Waals surface area contributed by atoms with E-state index in [1.54, 1.807) is 25.3 Å². The lowest BCUT2D eigenvalue weighted by molar-refractivity contribution is 0.113. The van der Waals surface area contributed by atoms with Gasteiger partial charge >= 0.3 is 0 Å². The van der Waals surface area contributed by atoms with Crippen molar-refractivity contribution < 1.29 is 14.3 Å². The molecule has 0 saturated carbocycles. The Labute approximate surface area is 110 Å². The van der Waals surface area contributed by atoms with Crippen LogP contribution in [0.4, 0.5) is 0 Å². The number of nitrogens with zero attached hydrogens (tertiary/aromatic N) is 1. The van der Waals surface area contributed by atoms with Gasteiger partial charge in [0.15, 0.2) is 17.2 Å². The molecule has 0 fully saturated rings. The molecule has 1 atom stereocenters. The van der Waals surface area contributed by atoms with Crippen LogP contribution in [0.15, 0.2) is 52.9 Å². The Morgan fingerprint density at radius 3 is 2.58 bits per heavy atom. The van der Waals surface area contributed by atoms with Gasteiger partial charge in [0.2, 0.25) is 5.89 Å². The van der Waals surface area contributed by atoms with Gasteiger partial charge in [-0.1, -0.05) is 36.4 Å². The van der Waals surface area contributed by atoms with E-state index in [1.807, 2.05) is 30.3 Å². The van der Waals surface area contributed by atoms with Gasteiger partial charge in [-0.25, -0.2) is 4.98 Å². The fourth-order valence-electron chi connectivity index (χ4n) is 2.07. The summed E-state index contributed by atoms with van der Waals surface area (Å²) < 4.78 is 11.1. The second-order valence-electron chi connectivity index (χ2n) is 4.20. The van der Waals surface area contributed by atoms with E-state index in [0.29, 0.717) is 17.0 Å². The number of fused-ring (bicyclic) bond motifs is 1. The Morgan fingerprint density at radius 1 is 1.11 bits per heavy atom. The zero-order valence-corrected chi connectivity index (χ0v) is 10.4. The van der Waals surface area contributed by atoms with Crippen LogP contribution in [0.2, 0.25) is 0 Å². The zero-order chi connectivity index (χ0) is 13.2. The summed E-state index contributed by atoms with van der Waals surface area (Å²) in [7, 11) is 1.60. The summed E-state index contributed by atoms with van der Waals surface area (Å²) in [4.78, 5) is 4.32. The van der Waals surface area contributed by atoms with E-state index < -0.39 is 0 Å². The maximum absolute atomic E-state index is 9.75. The predicted octanol–water partition coefficient (Wildman–Crippen LogP) is 3.27. The molecule has 0 aliphatic rings. The van der Waals surface area contributed by atoms with E-state index >= 15 is 0 Å². The van der Waals surface area contributed by atoms with Crippen LogP contribution in [0.5, 0.6) is 5.75 Å². The fourth-order valence-corrected chi connectivity index (χ4v) is 2.07. The third-order valence-electron chi connectivity index (χ3n) is 2.98. The van der Waals surface area contributed by atoms with Crippen LogP contribution in [0, 0.1) is 0 Å². The molecule has 4 nitrogen and oxygen atoms in total. The van der Waals surface area contributed by atoms with Crippen LogP contribution in [-0.4, -0.2) is 17.2 Å². The molecule has 19 heavy (non-hydrogen) atoms. The third-order valence-corrected chi connectivity index (χ3v) is 2.98. The van der Waals surface area contributed by atoms with Crippen molar-refractivity contribution >= 4 is 11.1 Å². The number of hydrogen-bond acceptors (Lipinski definition) is 4. The average molecular weight is 255 g/mol. The van der Waals surface area contributed by atoms with E-state index in [4.69, 9.17) is 9.15 Å². The molecule has 2 aromatic carbocycles. The molecular weight excluding hydrogens is 242 g/mol. The summed E-state index contributed by atoms with van der Waals surface area (Å²) in [6, 6.07) is 14.8. The number of ether oxygens (including phenoxy) is 1. The lowest BCUT2D eigenvalue weighted by atomic mass is 10.1. The predicted molar refractivity (Wildman–Crippen MR) is 71.0 cm³/mol. The van der Waals surface area contributed by atoms with Gasteiger partial charge < -0.3 is 14.3 Å². The van der Waals surface area contributed by atoms with E-state index in [1.165, 1.54) is 0 Å². The van der Waals surface area contributed by atoms with Gasteiger partial charge in [0.1, 0.15) is 5.75 Å². The van der Waals surface area contributed by atoms with Crippen LogP contribution in [-0.2, 0) is 4.74 Å². The first kappa shape index (κ1) is 11.7. The van der Waals surface area contributed by atoms with Crippen LogP contribution in [0.3, 0.4) is 0 Å². The van der Waals surface area contributed by atoms with Crippen molar-refractivity contribution in [2.24, 2.45) is 0 Å². The minimum Gasteiger partial charge on any atom is -0.506 e. The Balaban J connectivity index is 2.09. The SMILES string of the molecule is COC(c1ccccc1)c1nc2c(O)cccc2o1. The largest absolute Gasteiger partial charge is 0.506 e. The summed E-state index contributed by atoms with van der Waals surface area (Å²) in [6.45, 7) is 0. The number of phenols is 1. The maximum Gasteiger partial charge on any atom is 0.229 e. The van der Waals surface area contributed by atoms with Crippen molar-refractivity contribution in [1.29, 1.82) is 0 Å². The molecule has 3 rings (SSSR count). The van der Waals surface area contributed by atoms with Gasteiger partial charge in [0, 0.05) is 7.11 Å². The molecule has 4 heteroatoms. The molecule has 1 N–H and O–H groups in total. The smallest absolute Gasteiger partial charge is 0.229 e. The molecule has 1 aromatic heterocycles. The second-order valence-corrected chi connectivity index (χ2v) is 4.20. The Morgan fingerprint density at radius 2 is 1.89 bits per heavy atom. The summed E-state index contributed by atoms with van der Waals surface area (Å²) >= 11 is 0. The number of aromatic nitrogens is 1. The summed E-state index contributed by atoms with van der Waals surface area (Å²) in [5, 5.41) is 9.75. The normalized spacial score (nSPS) is 12.7. The molecular formula is C15H13NO3. The molecule has 0 spiro atoms. The van der Waals surface area contributed by atoms with Crippen molar-refractivity contribution in [2.45, 2.75) is 6.10 Å². The first-order valence-corrected chi connectivity index (χ1v) is 5.96. The van der Waals surface area contributed by atoms with E-state index in [0.717, 1.165) is 5.56 Å². The molecule has 0 saturated heterocycles. The average Bonchev–Trinajstić information content (AvgIpc) is 2.86. The van der Waals surface area contributed by atoms with E-state index in [9.17, 15) is 5.11 Å². The molecule has 0 amide bonds. The van der Waals surface area contributed by atoms with Crippen molar-refractivity contribution in [3.05, 3.63) is 60.0 Å². The van der Waals surface area contributed by atoms with Crippen LogP contribution >= 0.6 is 0 Å². The van der Waals surface area contributed by atoms with Gasteiger partial charge in [0.25, 0.3) is 0 Å². The lowest BCUT2D eigenvalue weighted by Crippen LogP contribution is -2.03. The quantitative estimate of drug-likeness (QED) is 0.780. The van der Waals surface area contributed by atoms with Gasteiger partial charge in [-0.05, 0) is 17.7 Å². The third kappa shape index (κ3) is 2.06. The van der Waals surface area contributed by atoms with Crippen molar-refractivity contribution in [2.75, 3.05) is 7.11 Å². The minimum absolute atomic E-state index is 0.107. The lowest BCUT2D eigenvalue weighted by Gasteiger charge is -2.11. The number of rotatable bonds is 3. The standard InChI is InChI=1S/C15H13NO3/c1-18-14(10-6-3-2-4-7-10)15-16-13-11(17)8-5-9-12(13)19-15/h2-9,14,17H,1H3. The monoisotopic (exact) mass is 255 g/mol. The van der Waals surface area contributed by atoms with Gasteiger partial charge in [-0.3, -0.25) is 0 Å². The van der Waals surface area contributed by atoms with Gasteiger partial charge in [-0.2, -0.15) is 0 Å². The first-order chi connectivity index (χ1) is 9.29. The molecule has 0 aliphatic carbocycles. The van der Waals surface area contributed by atoms with Gasteiger partial charge in [0.05, 0.1) is 0 Å². The highest BCUT2D eigenvalue weighted by atomic mass is 16.5. The number of phenolic OH excluding ortho intramolecular Hbond substituents is 1. The summed E-state index contributed by atoms with van der Waals surface area (Å²) in [6.07, 6.45) is -0.381. The molecule has 1 heterocycles. The van der Waals surface area contributed by atoms with Crippen molar-refractivity contribution in [3.63, 3.8) is 0 Å². The molecule has 0 aliphatic heterocycles. The second kappa shape index (κ2) is 4.74. The number of methoxy groups -OCH3 is 1. The van der Waals surface area contributed by atoms with Crippen molar-refractivity contribution in [3.8, 4) is 5.75 Å². The Hall–Kier alpha value is -2.33. The maximum atomic E-state index is 9.75. The fraction of sp³-hybridized carbons (Fsp3) is 0.133. The molecule has 3 aromatic rings. The van der Waals surface area contributed by atoms with Crippen molar-refractivity contribution in [1.82, 2.24) is 4.98 Å². The highest BCUT2D eigenvalue weighted by Gasteiger charge is 2.20. The van der Waals surface area contributed by atoms with Crippen LogP contribution < -0.4 is 0 Å². The topological polar surface area (TPSA) is 55.5 Å². The van der Waals surface area contributed by atoms with Gasteiger partial charge in [-0.15, -0.1) is 0 Å². The highest BCUT2D eigenvalue weighted by molar-refractivity contribution is 5.79. The number of benzene rings is 2. The summed E-state index contributed by atoms with van der Waals surface area (Å²) in [5.74, 6) is 0.542. The Kier molecular flexibility index (Phi) is 2.93. The minimum atomic E-state index is -0.381. The van der Waals surface area contributed by atoms with E-state index in [2.05, 4.69) is 4.98 Å². The van der Waals surface area contributed by atoms with Crippen LogP contribution in [0.1, 0.15) is 17.6 Å². The number of hydrogen-bond donors (Lipinski definition) is 1. The van der Waals surface area contributed by atoms with E-state index in [-0.39, 0.29) is 11.9 Å². The van der Waals surface area contributed by atoms with Crippen LogP contribution in [0.25, 0.3) is 11.1 Å². The number of para-hydroxylation sites is 1. The summed E-state index contributed by atoms with van der Waals surface area (Å²) in [5.41, 5.74) is 1.96. The molecule has 0 bridgehead atoms. The molecule has 1 unspecified atom stereocenters. The zero-order valence-electron chi connectivity index (χ0n) is 10.4. The molecule has 96 valence electrons. The number of aromatic hydroxyl groups is 1. The number of oxazole rings is 1. The first-order valence-electron chi connectivity index (χ1n) is 5.96. The molecule has 0 radical (unpaired) electrons. The Bertz CT molecular complexity index is 691.